The Hall–Kier alpha value is -1.50. The van der Waals surface area contributed by atoms with E-state index in [1.807, 2.05) is 7.05 Å². The summed E-state index contributed by atoms with van der Waals surface area (Å²) in [5.41, 5.74) is 4.73. The van der Waals surface area contributed by atoms with Crippen LogP contribution >= 0.6 is 0 Å². The molecule has 1 unspecified atom stereocenters. The predicted octanol–water partition coefficient (Wildman–Crippen LogP) is 2.55. The van der Waals surface area contributed by atoms with E-state index in [1.54, 1.807) is 0 Å². The Labute approximate surface area is 115 Å². The minimum Gasteiger partial charge on any atom is -0.491 e. The highest BCUT2D eigenvalue weighted by Gasteiger charge is 2.33. The Bertz CT molecular complexity index is 465. The predicted molar refractivity (Wildman–Crippen MR) is 69.4 cm³/mol. The van der Waals surface area contributed by atoms with Gasteiger partial charge in [-0.05, 0) is 32.9 Å². The van der Waals surface area contributed by atoms with Gasteiger partial charge in [-0.3, -0.25) is 0 Å². The van der Waals surface area contributed by atoms with Crippen LogP contribution in [0.3, 0.4) is 0 Å². The van der Waals surface area contributed by atoms with Crippen LogP contribution in [0.15, 0.2) is 12.3 Å². The van der Waals surface area contributed by atoms with Crippen molar-refractivity contribution >= 4 is 5.69 Å². The van der Waals surface area contributed by atoms with Gasteiger partial charge in [-0.1, -0.05) is 0 Å². The first-order valence-electron chi connectivity index (χ1n) is 6.53. The summed E-state index contributed by atoms with van der Waals surface area (Å²) in [5.74, 6) is 0.0491. The van der Waals surface area contributed by atoms with Crippen LogP contribution in [-0.2, 0) is 6.18 Å². The third-order valence-corrected chi connectivity index (χ3v) is 3.57. The van der Waals surface area contributed by atoms with E-state index in [0.717, 1.165) is 38.1 Å². The van der Waals surface area contributed by atoms with Gasteiger partial charge in [0.1, 0.15) is 11.4 Å². The second-order valence-corrected chi connectivity index (χ2v) is 5.02. The molecule has 0 amide bonds. The monoisotopic (exact) mass is 289 g/mol. The van der Waals surface area contributed by atoms with Crippen LogP contribution < -0.4 is 10.5 Å². The minimum atomic E-state index is -4.49. The fourth-order valence-corrected chi connectivity index (χ4v) is 2.38. The van der Waals surface area contributed by atoms with Gasteiger partial charge in [0.2, 0.25) is 0 Å². The Morgan fingerprint density at radius 2 is 2.25 bits per heavy atom. The maximum Gasteiger partial charge on any atom is 0.433 e. The number of nitrogens with zero attached hydrogens (tertiary/aromatic N) is 2. The molecule has 0 bridgehead atoms. The van der Waals surface area contributed by atoms with E-state index in [1.165, 1.54) is 0 Å². The molecular formula is C13H18F3N3O. The first-order valence-corrected chi connectivity index (χ1v) is 6.53. The topological polar surface area (TPSA) is 51.4 Å². The van der Waals surface area contributed by atoms with E-state index in [4.69, 9.17) is 10.5 Å². The van der Waals surface area contributed by atoms with Crippen molar-refractivity contribution in [3.05, 3.63) is 18.0 Å². The van der Waals surface area contributed by atoms with Crippen LogP contribution in [-0.4, -0.2) is 36.1 Å². The fourth-order valence-electron chi connectivity index (χ4n) is 2.38. The lowest BCUT2D eigenvalue weighted by Gasteiger charge is -2.19. The number of halogens is 3. The van der Waals surface area contributed by atoms with Gasteiger partial charge in [-0.15, -0.1) is 0 Å². The van der Waals surface area contributed by atoms with Crippen molar-refractivity contribution in [1.29, 1.82) is 0 Å². The van der Waals surface area contributed by atoms with Crippen molar-refractivity contribution in [3.8, 4) is 5.75 Å². The van der Waals surface area contributed by atoms with Crippen LogP contribution in [0, 0.1) is 0 Å². The number of hydrogen-bond acceptors (Lipinski definition) is 4. The molecule has 1 aliphatic rings. The number of nitrogens with two attached hydrogens (primary N) is 1. The van der Waals surface area contributed by atoms with Crippen molar-refractivity contribution in [2.45, 2.75) is 31.5 Å². The van der Waals surface area contributed by atoms with Crippen LogP contribution in [0.4, 0.5) is 18.9 Å². The highest BCUT2D eigenvalue weighted by atomic mass is 19.4. The molecule has 0 radical (unpaired) electrons. The molecule has 0 aliphatic carbocycles. The molecule has 2 rings (SSSR count). The van der Waals surface area contributed by atoms with Crippen molar-refractivity contribution < 1.29 is 17.9 Å². The fraction of sp³-hybridized carbons (Fsp3) is 0.615. The summed E-state index contributed by atoms with van der Waals surface area (Å²) in [7, 11) is 2.04. The molecule has 2 N–H and O–H groups in total. The number of hydrogen-bond donors (Lipinski definition) is 1. The smallest absolute Gasteiger partial charge is 0.433 e. The molecule has 0 saturated carbocycles. The van der Waals surface area contributed by atoms with Crippen LogP contribution in [0.1, 0.15) is 25.0 Å². The van der Waals surface area contributed by atoms with Gasteiger partial charge in [-0.25, -0.2) is 4.98 Å². The molecule has 1 saturated heterocycles. The van der Waals surface area contributed by atoms with E-state index in [9.17, 15) is 13.2 Å². The zero-order valence-corrected chi connectivity index (χ0v) is 11.3. The molecule has 1 aromatic heterocycles. The number of aromatic nitrogens is 1. The average Bonchev–Trinajstić information content (AvgIpc) is 2.76. The summed E-state index contributed by atoms with van der Waals surface area (Å²) in [5, 5.41) is 0. The van der Waals surface area contributed by atoms with Gasteiger partial charge in [0.05, 0.1) is 18.5 Å². The van der Waals surface area contributed by atoms with Gasteiger partial charge < -0.3 is 15.4 Å². The van der Waals surface area contributed by atoms with E-state index in [-0.39, 0.29) is 11.4 Å². The van der Waals surface area contributed by atoms with Crippen LogP contribution in [0.5, 0.6) is 5.75 Å². The van der Waals surface area contributed by atoms with Gasteiger partial charge in [-0.2, -0.15) is 13.2 Å². The number of likely N-dealkylation sites (tertiary alicyclic amines) is 1. The van der Waals surface area contributed by atoms with Gasteiger partial charge >= 0.3 is 6.18 Å². The maximum atomic E-state index is 12.6. The van der Waals surface area contributed by atoms with Gasteiger partial charge in [0.15, 0.2) is 0 Å². The first kappa shape index (κ1) is 14.9. The normalized spacial score (nSPS) is 20.3. The SMILES string of the molecule is CN1CCCC1CCOc1cc(C(F)(F)F)ncc1N. The molecule has 20 heavy (non-hydrogen) atoms. The van der Waals surface area contributed by atoms with Crippen molar-refractivity contribution in [2.75, 3.05) is 25.9 Å². The summed E-state index contributed by atoms with van der Waals surface area (Å²) in [6, 6.07) is 1.29. The number of pyridine rings is 1. The first-order chi connectivity index (χ1) is 9.38. The highest BCUT2D eigenvalue weighted by molar-refractivity contribution is 5.51. The Morgan fingerprint density at radius 3 is 2.85 bits per heavy atom. The largest absolute Gasteiger partial charge is 0.491 e. The number of alkyl halides is 3. The van der Waals surface area contributed by atoms with Crippen molar-refractivity contribution in [2.24, 2.45) is 0 Å². The summed E-state index contributed by atoms with van der Waals surface area (Å²) in [6.07, 6.45) is -0.479. The second kappa shape index (κ2) is 5.87. The maximum absolute atomic E-state index is 12.6. The van der Waals surface area contributed by atoms with Gasteiger partial charge in [0, 0.05) is 12.1 Å². The quantitative estimate of drug-likeness (QED) is 0.925. The lowest BCUT2D eigenvalue weighted by Crippen LogP contribution is -2.26. The summed E-state index contributed by atoms with van der Waals surface area (Å²) >= 11 is 0. The number of anilines is 1. The molecule has 2 heterocycles. The van der Waals surface area contributed by atoms with Gasteiger partial charge in [0.25, 0.3) is 0 Å². The van der Waals surface area contributed by atoms with E-state index in [2.05, 4.69) is 9.88 Å². The molecule has 0 aromatic carbocycles. The lowest BCUT2D eigenvalue weighted by molar-refractivity contribution is -0.141. The third kappa shape index (κ3) is 3.53. The zero-order valence-electron chi connectivity index (χ0n) is 11.3. The molecule has 0 spiro atoms. The summed E-state index contributed by atoms with van der Waals surface area (Å²) in [6.45, 7) is 1.40. The minimum absolute atomic E-state index is 0.0491. The van der Waals surface area contributed by atoms with E-state index >= 15 is 0 Å². The van der Waals surface area contributed by atoms with Crippen LogP contribution in [0.2, 0.25) is 0 Å². The van der Waals surface area contributed by atoms with Crippen molar-refractivity contribution in [1.82, 2.24) is 9.88 Å². The zero-order chi connectivity index (χ0) is 14.8. The Morgan fingerprint density at radius 1 is 1.50 bits per heavy atom. The standard InChI is InChI=1S/C13H18F3N3O/c1-19-5-2-3-9(19)4-6-20-11-7-12(13(14,15)16)18-8-10(11)17/h7-9H,2-6,17H2,1H3. The second-order valence-electron chi connectivity index (χ2n) is 5.02. The molecule has 1 aromatic rings. The molecule has 4 nitrogen and oxygen atoms in total. The number of nitrogen functional groups attached to an aromatic ring is 1. The summed E-state index contributed by atoms with van der Waals surface area (Å²) in [4.78, 5) is 5.51. The molecule has 1 atom stereocenters. The average molecular weight is 289 g/mol. The van der Waals surface area contributed by atoms with E-state index < -0.39 is 11.9 Å². The summed E-state index contributed by atoms with van der Waals surface area (Å²) < 4.78 is 43.1. The molecule has 7 heteroatoms. The number of rotatable bonds is 4. The molecule has 1 fully saturated rings. The lowest BCUT2D eigenvalue weighted by atomic mass is 10.1. The molecule has 1 aliphatic heterocycles. The highest BCUT2D eigenvalue weighted by Crippen LogP contribution is 2.32. The number of ether oxygens (including phenoxy) is 1. The Balaban J connectivity index is 1.95. The van der Waals surface area contributed by atoms with Crippen molar-refractivity contribution in [3.63, 3.8) is 0 Å². The molecular weight excluding hydrogens is 271 g/mol. The van der Waals surface area contributed by atoms with Crippen LogP contribution in [0.25, 0.3) is 0 Å². The molecule has 112 valence electrons. The van der Waals surface area contributed by atoms with E-state index in [0.29, 0.717) is 12.6 Å². The third-order valence-electron chi connectivity index (χ3n) is 3.57. The Kier molecular flexibility index (Phi) is 4.37.